The molecule has 304 valence electrons. The molecule has 4 fully saturated rings. The molecule has 0 aromatic carbocycles. The Morgan fingerprint density at radius 3 is 1.85 bits per heavy atom. The zero-order valence-corrected chi connectivity index (χ0v) is 33.9. The number of nitrogens with one attached hydrogen (secondary N) is 4. The fourth-order valence-electron chi connectivity index (χ4n) is 4.81. The van der Waals surface area contributed by atoms with Crippen LogP contribution in [0.25, 0.3) is 0 Å². The summed E-state index contributed by atoms with van der Waals surface area (Å²) in [6.45, 7) is 18.2. The maximum absolute atomic E-state index is 13.7. The van der Waals surface area contributed by atoms with Crippen molar-refractivity contribution in [2.75, 3.05) is 26.2 Å². The molecule has 1 heterocycles. The lowest BCUT2D eigenvalue weighted by Crippen LogP contribution is -2.60. The second-order valence-corrected chi connectivity index (χ2v) is 16.4. The predicted octanol–water partition coefficient (Wildman–Crippen LogP) is 4.57. The summed E-state index contributed by atoms with van der Waals surface area (Å²) < 4.78 is 9.67. The van der Waals surface area contributed by atoms with Gasteiger partial charge in [-0.25, -0.2) is 4.79 Å². The highest BCUT2D eigenvalue weighted by molar-refractivity contribution is 6.38. The van der Waals surface area contributed by atoms with E-state index in [0.29, 0.717) is 57.8 Å². The number of amides is 5. The van der Waals surface area contributed by atoms with Gasteiger partial charge in [0.05, 0.1) is 12.6 Å². The highest BCUT2D eigenvalue weighted by Gasteiger charge is 2.43. The summed E-state index contributed by atoms with van der Waals surface area (Å²) in [5.41, 5.74) is -1.02. The van der Waals surface area contributed by atoms with Crippen LogP contribution in [0.1, 0.15) is 139 Å². The Bertz CT molecular complexity index is 1180. The standard InChI is InChI=1S/C28H45N5O7.C5H10O2.C3H6.C3H8/c1-5-12-29-25(37)22(35)19(14-17-8-9-17)31-24(36)20-7-6-13-33(20)26(38)23(28(2,3)4)32-27(39)30-15-21(34)40-16-18-10-11-18;1-5(2,3)7-4-6;1-2-3-1;1-3-2/h17-20,23H,5-16H2,1-4H3,(H,29,37)(H,31,36)(H2,30,32,39);4H,1-3H3;1-3H2;3H2,1-2H3/t19?,20-,23?;;;/m0.../s1. The van der Waals surface area contributed by atoms with Crippen LogP contribution in [0.4, 0.5) is 4.79 Å². The molecular weight excluding hydrogens is 682 g/mol. The van der Waals surface area contributed by atoms with Gasteiger partial charge in [0, 0.05) is 13.1 Å². The number of carbonyl (C=O) groups is 7. The average Bonchev–Trinajstić information content (AvgIpc) is 3.92. The molecule has 3 aliphatic carbocycles. The zero-order chi connectivity index (χ0) is 40.2. The fourth-order valence-corrected chi connectivity index (χ4v) is 4.81. The van der Waals surface area contributed by atoms with Gasteiger partial charge in [-0.3, -0.25) is 28.8 Å². The number of rotatable bonds is 15. The molecule has 0 radical (unpaired) electrons. The molecule has 3 atom stereocenters. The number of urea groups is 1. The molecular formula is C39H69N5O9. The van der Waals surface area contributed by atoms with Gasteiger partial charge in [0.15, 0.2) is 0 Å². The number of nitrogens with zero attached hydrogens (tertiary/aromatic N) is 1. The number of carbonyl (C=O) groups excluding carboxylic acids is 7. The number of likely N-dealkylation sites (tertiary alicyclic amines) is 1. The van der Waals surface area contributed by atoms with Crippen LogP contribution in [0.2, 0.25) is 0 Å². The lowest BCUT2D eigenvalue weighted by atomic mass is 9.85. The van der Waals surface area contributed by atoms with Gasteiger partial charge in [-0.1, -0.05) is 80.1 Å². The third kappa shape index (κ3) is 21.6. The van der Waals surface area contributed by atoms with E-state index in [1.165, 1.54) is 30.6 Å². The van der Waals surface area contributed by atoms with Crippen molar-refractivity contribution in [3.8, 4) is 0 Å². The normalized spacial score (nSPS) is 18.4. The Kier molecular flexibility index (Phi) is 21.3. The molecule has 14 heteroatoms. The molecule has 1 aliphatic heterocycles. The minimum Gasteiger partial charge on any atom is -0.464 e. The van der Waals surface area contributed by atoms with Crippen LogP contribution in [-0.2, 0) is 38.2 Å². The van der Waals surface area contributed by atoms with E-state index >= 15 is 0 Å². The first-order valence-electron chi connectivity index (χ1n) is 19.6. The van der Waals surface area contributed by atoms with E-state index in [1.54, 1.807) is 20.8 Å². The number of hydrogen-bond donors (Lipinski definition) is 4. The molecule has 0 aromatic rings. The molecule has 0 bridgehead atoms. The van der Waals surface area contributed by atoms with Crippen LogP contribution in [0.15, 0.2) is 0 Å². The van der Waals surface area contributed by atoms with E-state index in [0.717, 1.165) is 25.7 Å². The monoisotopic (exact) mass is 752 g/mol. The van der Waals surface area contributed by atoms with E-state index < -0.39 is 59.0 Å². The van der Waals surface area contributed by atoms with E-state index in [9.17, 15) is 33.6 Å². The Hall–Kier alpha value is -3.71. The van der Waals surface area contributed by atoms with Crippen molar-refractivity contribution in [3.05, 3.63) is 0 Å². The van der Waals surface area contributed by atoms with Crippen molar-refractivity contribution >= 4 is 42.0 Å². The number of hydrogen-bond acceptors (Lipinski definition) is 9. The van der Waals surface area contributed by atoms with Crippen molar-refractivity contribution in [1.29, 1.82) is 0 Å². The minimum atomic E-state index is -0.980. The molecule has 4 N–H and O–H groups in total. The summed E-state index contributed by atoms with van der Waals surface area (Å²) in [5, 5.41) is 10.4. The number of ketones is 1. The Morgan fingerprint density at radius 2 is 1.40 bits per heavy atom. The lowest BCUT2D eigenvalue weighted by Gasteiger charge is -2.35. The van der Waals surface area contributed by atoms with Gasteiger partial charge in [0.25, 0.3) is 12.4 Å². The molecule has 0 aromatic heterocycles. The molecule has 0 spiro atoms. The maximum atomic E-state index is 13.7. The van der Waals surface area contributed by atoms with Crippen LogP contribution in [0.5, 0.6) is 0 Å². The van der Waals surface area contributed by atoms with E-state index in [4.69, 9.17) is 4.74 Å². The van der Waals surface area contributed by atoms with Crippen molar-refractivity contribution in [2.24, 2.45) is 17.3 Å². The van der Waals surface area contributed by atoms with Crippen molar-refractivity contribution in [1.82, 2.24) is 26.2 Å². The van der Waals surface area contributed by atoms with Gasteiger partial charge < -0.3 is 35.6 Å². The summed E-state index contributed by atoms with van der Waals surface area (Å²) in [6.07, 6.45) is 11.8. The third-order valence-electron chi connectivity index (χ3n) is 8.21. The van der Waals surface area contributed by atoms with Crippen LogP contribution in [0, 0.1) is 17.3 Å². The summed E-state index contributed by atoms with van der Waals surface area (Å²) >= 11 is 0. The molecule has 53 heavy (non-hydrogen) atoms. The molecule has 5 amide bonds. The first-order chi connectivity index (χ1) is 24.9. The van der Waals surface area contributed by atoms with Crippen molar-refractivity contribution in [2.45, 2.75) is 163 Å². The van der Waals surface area contributed by atoms with Gasteiger partial charge in [-0.2, -0.15) is 0 Å². The lowest BCUT2D eigenvalue weighted by molar-refractivity contribution is -0.144. The summed E-state index contributed by atoms with van der Waals surface area (Å²) in [7, 11) is 0. The van der Waals surface area contributed by atoms with Gasteiger partial charge in [-0.05, 0) is 76.5 Å². The van der Waals surface area contributed by atoms with E-state index in [-0.39, 0.29) is 18.1 Å². The zero-order valence-electron chi connectivity index (χ0n) is 33.9. The van der Waals surface area contributed by atoms with Crippen LogP contribution in [-0.4, -0.2) is 96.8 Å². The number of Topliss-reactive ketones (excluding diaryl/α,β-unsaturated/α-hetero) is 1. The first-order valence-corrected chi connectivity index (χ1v) is 19.6. The molecule has 2 unspecified atom stereocenters. The number of esters is 1. The summed E-state index contributed by atoms with van der Waals surface area (Å²) in [5.74, 6) is -2.15. The Balaban J connectivity index is 0.000000917. The molecule has 3 saturated carbocycles. The summed E-state index contributed by atoms with van der Waals surface area (Å²) in [6, 6.07) is -3.44. The summed E-state index contributed by atoms with van der Waals surface area (Å²) in [4.78, 5) is 87.7. The van der Waals surface area contributed by atoms with E-state index in [1.807, 2.05) is 27.7 Å². The predicted molar refractivity (Wildman–Crippen MR) is 202 cm³/mol. The quantitative estimate of drug-likeness (QED) is 0.106. The van der Waals surface area contributed by atoms with Gasteiger partial charge >= 0.3 is 12.0 Å². The minimum absolute atomic E-state index is 0.286. The van der Waals surface area contributed by atoms with Crippen molar-refractivity contribution in [3.63, 3.8) is 0 Å². The van der Waals surface area contributed by atoms with Gasteiger partial charge in [0.1, 0.15) is 24.2 Å². The molecule has 4 rings (SSSR count). The maximum Gasteiger partial charge on any atom is 0.325 e. The topological polar surface area (TPSA) is 189 Å². The Labute approximate surface area is 317 Å². The third-order valence-corrected chi connectivity index (χ3v) is 8.21. The smallest absolute Gasteiger partial charge is 0.325 e. The number of ether oxygens (including phenoxy) is 2. The second-order valence-electron chi connectivity index (χ2n) is 16.4. The highest BCUT2D eigenvalue weighted by Crippen LogP contribution is 2.34. The Morgan fingerprint density at radius 1 is 0.811 bits per heavy atom. The second kappa shape index (κ2) is 23.9. The van der Waals surface area contributed by atoms with Crippen LogP contribution < -0.4 is 21.3 Å². The first kappa shape index (κ1) is 47.3. The van der Waals surface area contributed by atoms with Gasteiger partial charge in [0.2, 0.25) is 17.6 Å². The van der Waals surface area contributed by atoms with Crippen LogP contribution in [0.3, 0.4) is 0 Å². The van der Waals surface area contributed by atoms with Crippen molar-refractivity contribution < 1.29 is 43.0 Å². The fraction of sp³-hybridized carbons (Fsp3) is 0.821. The van der Waals surface area contributed by atoms with Crippen LogP contribution >= 0.6 is 0 Å². The average molecular weight is 752 g/mol. The highest BCUT2D eigenvalue weighted by atomic mass is 16.5. The van der Waals surface area contributed by atoms with E-state index in [2.05, 4.69) is 39.9 Å². The molecule has 14 nitrogen and oxygen atoms in total. The SMILES string of the molecule is C1CC1.CC(C)(C)OC=O.CCC.CCCNC(=O)C(=O)C(CC1CC1)NC(=O)[C@@H]1CCCN1C(=O)C(NC(=O)NCC(=O)OCC1CC1)C(C)(C)C. The molecule has 4 aliphatic rings. The molecule has 1 saturated heterocycles. The largest absolute Gasteiger partial charge is 0.464 e. The van der Waals surface area contributed by atoms with Gasteiger partial charge in [-0.15, -0.1) is 0 Å².